The van der Waals surface area contributed by atoms with Crippen molar-refractivity contribution in [3.63, 3.8) is 0 Å². The second kappa shape index (κ2) is 5.41. The fourth-order valence-electron chi connectivity index (χ4n) is 3.43. The third-order valence-electron chi connectivity index (χ3n) is 4.51. The number of fused-ring (bicyclic) bond motifs is 1. The SMILES string of the molecule is NC1CCCC1OCC1CCCc2ccccc21. The van der Waals surface area contributed by atoms with Crippen molar-refractivity contribution in [1.82, 2.24) is 0 Å². The molecule has 2 aliphatic carbocycles. The molecule has 3 unspecified atom stereocenters. The van der Waals surface area contributed by atoms with Gasteiger partial charge < -0.3 is 10.5 Å². The zero-order valence-electron chi connectivity index (χ0n) is 11.0. The van der Waals surface area contributed by atoms with E-state index in [0.29, 0.717) is 12.0 Å². The highest BCUT2D eigenvalue weighted by atomic mass is 16.5. The Bertz CT molecular complexity index is 404. The second-order valence-electron chi connectivity index (χ2n) is 5.75. The fourth-order valence-corrected chi connectivity index (χ4v) is 3.43. The predicted molar refractivity (Wildman–Crippen MR) is 73.7 cm³/mol. The van der Waals surface area contributed by atoms with Gasteiger partial charge >= 0.3 is 0 Å². The molecule has 1 aromatic carbocycles. The largest absolute Gasteiger partial charge is 0.376 e. The average Bonchev–Trinajstić information content (AvgIpc) is 2.82. The molecule has 0 aromatic heterocycles. The molecule has 0 amide bonds. The van der Waals surface area contributed by atoms with E-state index in [9.17, 15) is 0 Å². The van der Waals surface area contributed by atoms with Gasteiger partial charge in [0, 0.05) is 12.0 Å². The Kier molecular flexibility index (Phi) is 3.67. The molecule has 2 aliphatic rings. The van der Waals surface area contributed by atoms with Gasteiger partial charge in [-0.05, 0) is 49.7 Å². The second-order valence-corrected chi connectivity index (χ2v) is 5.75. The van der Waals surface area contributed by atoms with Crippen LogP contribution in [-0.2, 0) is 11.2 Å². The van der Waals surface area contributed by atoms with Crippen molar-refractivity contribution < 1.29 is 4.74 Å². The third kappa shape index (κ3) is 2.45. The van der Waals surface area contributed by atoms with E-state index < -0.39 is 0 Å². The van der Waals surface area contributed by atoms with E-state index in [1.165, 1.54) is 36.8 Å². The molecular formula is C16H23NO. The Balaban J connectivity index is 1.64. The molecule has 0 aliphatic heterocycles. The number of hydrogen-bond donors (Lipinski definition) is 1. The molecule has 0 radical (unpaired) electrons. The maximum Gasteiger partial charge on any atom is 0.0726 e. The summed E-state index contributed by atoms with van der Waals surface area (Å²) >= 11 is 0. The Morgan fingerprint density at radius 3 is 2.83 bits per heavy atom. The van der Waals surface area contributed by atoms with Crippen molar-refractivity contribution in [2.24, 2.45) is 5.73 Å². The van der Waals surface area contributed by atoms with Crippen molar-refractivity contribution >= 4 is 0 Å². The summed E-state index contributed by atoms with van der Waals surface area (Å²) in [6.07, 6.45) is 7.60. The van der Waals surface area contributed by atoms with Crippen LogP contribution in [0.5, 0.6) is 0 Å². The Labute approximate surface area is 110 Å². The summed E-state index contributed by atoms with van der Waals surface area (Å²) < 4.78 is 6.09. The molecule has 18 heavy (non-hydrogen) atoms. The van der Waals surface area contributed by atoms with Crippen LogP contribution in [0.25, 0.3) is 0 Å². The van der Waals surface area contributed by atoms with Gasteiger partial charge in [-0.2, -0.15) is 0 Å². The Morgan fingerprint density at radius 1 is 1.11 bits per heavy atom. The predicted octanol–water partition coefficient (Wildman–Crippen LogP) is 3.00. The summed E-state index contributed by atoms with van der Waals surface area (Å²) in [6.45, 7) is 0.857. The molecule has 1 saturated carbocycles. The summed E-state index contributed by atoms with van der Waals surface area (Å²) in [4.78, 5) is 0. The smallest absolute Gasteiger partial charge is 0.0726 e. The van der Waals surface area contributed by atoms with E-state index in [1.807, 2.05) is 0 Å². The number of hydrogen-bond acceptors (Lipinski definition) is 2. The topological polar surface area (TPSA) is 35.2 Å². The van der Waals surface area contributed by atoms with Crippen molar-refractivity contribution in [2.45, 2.75) is 56.6 Å². The van der Waals surface area contributed by atoms with Crippen LogP contribution in [0.3, 0.4) is 0 Å². The van der Waals surface area contributed by atoms with Crippen molar-refractivity contribution in [2.75, 3.05) is 6.61 Å². The lowest BCUT2D eigenvalue weighted by molar-refractivity contribution is 0.0359. The van der Waals surface area contributed by atoms with Crippen LogP contribution in [0.2, 0.25) is 0 Å². The van der Waals surface area contributed by atoms with Gasteiger partial charge in [0.15, 0.2) is 0 Å². The van der Waals surface area contributed by atoms with Gasteiger partial charge in [0.2, 0.25) is 0 Å². The van der Waals surface area contributed by atoms with E-state index in [2.05, 4.69) is 24.3 Å². The summed E-state index contributed by atoms with van der Waals surface area (Å²) in [5, 5.41) is 0. The van der Waals surface area contributed by atoms with Crippen LogP contribution in [0.1, 0.15) is 49.1 Å². The Morgan fingerprint density at radius 2 is 2.00 bits per heavy atom. The van der Waals surface area contributed by atoms with Crippen LogP contribution >= 0.6 is 0 Å². The van der Waals surface area contributed by atoms with Gasteiger partial charge in [-0.1, -0.05) is 24.3 Å². The summed E-state index contributed by atoms with van der Waals surface area (Å²) in [6, 6.07) is 9.11. The zero-order chi connectivity index (χ0) is 12.4. The first-order valence-electron chi connectivity index (χ1n) is 7.29. The summed E-state index contributed by atoms with van der Waals surface area (Å²) in [5.74, 6) is 0.586. The van der Waals surface area contributed by atoms with Crippen LogP contribution < -0.4 is 5.73 Å². The minimum Gasteiger partial charge on any atom is -0.376 e. The lowest BCUT2D eigenvalue weighted by atomic mass is 9.83. The highest BCUT2D eigenvalue weighted by Crippen LogP contribution is 2.32. The maximum absolute atomic E-state index is 6.09. The number of benzene rings is 1. The maximum atomic E-state index is 6.09. The minimum atomic E-state index is 0.267. The number of ether oxygens (including phenoxy) is 1. The normalized spacial score (nSPS) is 31.3. The lowest BCUT2D eigenvalue weighted by Crippen LogP contribution is -2.32. The first-order valence-corrected chi connectivity index (χ1v) is 7.29. The quantitative estimate of drug-likeness (QED) is 0.888. The van der Waals surface area contributed by atoms with E-state index >= 15 is 0 Å². The number of rotatable bonds is 3. The van der Waals surface area contributed by atoms with E-state index in [0.717, 1.165) is 19.4 Å². The lowest BCUT2D eigenvalue weighted by Gasteiger charge is -2.27. The van der Waals surface area contributed by atoms with E-state index in [1.54, 1.807) is 0 Å². The molecule has 0 spiro atoms. The van der Waals surface area contributed by atoms with Crippen LogP contribution in [0.15, 0.2) is 24.3 Å². The van der Waals surface area contributed by atoms with Gasteiger partial charge in [-0.25, -0.2) is 0 Å². The van der Waals surface area contributed by atoms with Crippen LogP contribution in [0.4, 0.5) is 0 Å². The molecule has 2 heteroatoms. The molecule has 1 fully saturated rings. The van der Waals surface area contributed by atoms with Crippen molar-refractivity contribution in [3.8, 4) is 0 Å². The first kappa shape index (κ1) is 12.2. The average molecular weight is 245 g/mol. The standard InChI is InChI=1S/C16H23NO/c17-15-9-4-10-16(15)18-11-13-7-3-6-12-5-1-2-8-14(12)13/h1-2,5,8,13,15-16H,3-4,6-7,9-11,17H2. The fraction of sp³-hybridized carbons (Fsp3) is 0.625. The Hall–Kier alpha value is -0.860. The molecule has 0 saturated heterocycles. The molecule has 2 N–H and O–H groups in total. The van der Waals surface area contributed by atoms with Crippen LogP contribution in [0, 0.1) is 0 Å². The van der Waals surface area contributed by atoms with Crippen LogP contribution in [-0.4, -0.2) is 18.8 Å². The monoisotopic (exact) mass is 245 g/mol. The van der Waals surface area contributed by atoms with Gasteiger partial charge in [0.1, 0.15) is 0 Å². The van der Waals surface area contributed by atoms with Gasteiger partial charge in [-0.15, -0.1) is 0 Å². The molecule has 2 nitrogen and oxygen atoms in total. The summed E-state index contributed by atoms with van der Waals surface area (Å²) in [7, 11) is 0. The van der Waals surface area contributed by atoms with Gasteiger partial charge in [-0.3, -0.25) is 0 Å². The van der Waals surface area contributed by atoms with E-state index in [-0.39, 0.29) is 6.04 Å². The van der Waals surface area contributed by atoms with Gasteiger partial charge in [0.05, 0.1) is 12.7 Å². The molecule has 98 valence electrons. The highest BCUT2D eigenvalue weighted by molar-refractivity contribution is 5.32. The minimum absolute atomic E-state index is 0.267. The molecule has 0 bridgehead atoms. The molecule has 0 heterocycles. The highest BCUT2D eigenvalue weighted by Gasteiger charge is 2.27. The molecule has 1 aromatic rings. The molecule has 3 rings (SSSR count). The molecule has 3 atom stereocenters. The number of nitrogens with two attached hydrogens (primary N) is 1. The van der Waals surface area contributed by atoms with Crippen molar-refractivity contribution in [3.05, 3.63) is 35.4 Å². The molecular weight excluding hydrogens is 222 g/mol. The zero-order valence-corrected chi connectivity index (χ0v) is 11.0. The first-order chi connectivity index (χ1) is 8.84. The third-order valence-corrected chi connectivity index (χ3v) is 4.51. The van der Waals surface area contributed by atoms with Crippen molar-refractivity contribution in [1.29, 1.82) is 0 Å². The number of aryl methyl sites for hydroxylation is 1. The van der Waals surface area contributed by atoms with E-state index in [4.69, 9.17) is 10.5 Å². The summed E-state index contributed by atoms with van der Waals surface area (Å²) in [5.41, 5.74) is 9.10. The van der Waals surface area contributed by atoms with Gasteiger partial charge in [0.25, 0.3) is 0 Å².